The van der Waals surface area contributed by atoms with Crippen LogP contribution in [0.3, 0.4) is 0 Å². The van der Waals surface area contributed by atoms with Gasteiger partial charge < -0.3 is 0 Å². The first-order chi connectivity index (χ1) is 8.74. The molecule has 0 atom stereocenters. The Bertz CT molecular complexity index is 600. The molecule has 0 spiro atoms. The van der Waals surface area contributed by atoms with Crippen molar-refractivity contribution in [3.8, 4) is 0 Å². The Labute approximate surface area is 115 Å². The van der Waals surface area contributed by atoms with Gasteiger partial charge in [0.1, 0.15) is 0 Å². The zero-order chi connectivity index (χ0) is 12.5. The maximum atomic E-state index is 12.3. The number of rotatable bonds is 2. The fraction of sp³-hybridized carbons (Fsp3) is 0.267. The highest BCUT2D eigenvalue weighted by Gasteiger charge is 2.15. The number of hydrogen-bond acceptors (Lipinski definition) is 2. The number of carbonyl (C=O) groups excluding carboxylic acids is 1. The van der Waals surface area contributed by atoms with Crippen LogP contribution in [0.2, 0.25) is 4.34 Å². The summed E-state index contributed by atoms with van der Waals surface area (Å²) in [5, 5.41) is 0. The molecule has 3 heteroatoms. The molecule has 92 valence electrons. The molecule has 1 aromatic carbocycles. The standard InChI is InChI=1S/C15H13ClOS/c16-14-8-7-13(18-14)15(17)12-6-5-10-3-1-2-4-11(10)9-12/h5-9H,1-4H2. The van der Waals surface area contributed by atoms with E-state index >= 15 is 0 Å². The van der Waals surface area contributed by atoms with E-state index in [1.807, 2.05) is 6.07 Å². The van der Waals surface area contributed by atoms with Crippen molar-refractivity contribution in [1.82, 2.24) is 0 Å². The molecule has 0 radical (unpaired) electrons. The topological polar surface area (TPSA) is 17.1 Å². The molecule has 0 amide bonds. The largest absolute Gasteiger partial charge is 0.288 e. The zero-order valence-corrected chi connectivity index (χ0v) is 11.5. The van der Waals surface area contributed by atoms with Gasteiger partial charge in [0.15, 0.2) is 0 Å². The smallest absolute Gasteiger partial charge is 0.203 e. The van der Waals surface area contributed by atoms with Crippen molar-refractivity contribution in [2.45, 2.75) is 25.7 Å². The first-order valence-electron chi connectivity index (χ1n) is 6.16. The van der Waals surface area contributed by atoms with E-state index < -0.39 is 0 Å². The third-order valence-electron chi connectivity index (χ3n) is 3.41. The molecule has 2 aromatic rings. The summed E-state index contributed by atoms with van der Waals surface area (Å²) >= 11 is 7.22. The number of ketones is 1. The summed E-state index contributed by atoms with van der Waals surface area (Å²) in [4.78, 5) is 13.0. The van der Waals surface area contributed by atoms with Gasteiger partial charge in [0.2, 0.25) is 5.78 Å². The van der Waals surface area contributed by atoms with Crippen LogP contribution in [0.25, 0.3) is 0 Å². The second-order valence-electron chi connectivity index (χ2n) is 4.62. The molecule has 0 N–H and O–H groups in total. The number of fused-ring (bicyclic) bond motifs is 1. The van der Waals surface area contributed by atoms with E-state index in [1.54, 1.807) is 12.1 Å². The normalized spacial score (nSPS) is 14.3. The average Bonchev–Trinajstić information content (AvgIpc) is 2.84. The number of hydrogen-bond donors (Lipinski definition) is 0. The van der Waals surface area contributed by atoms with Gasteiger partial charge in [-0.25, -0.2) is 0 Å². The highest BCUT2D eigenvalue weighted by molar-refractivity contribution is 7.18. The maximum Gasteiger partial charge on any atom is 0.203 e. The van der Waals surface area contributed by atoms with E-state index in [2.05, 4.69) is 12.1 Å². The molecular weight excluding hydrogens is 264 g/mol. The summed E-state index contributed by atoms with van der Waals surface area (Å²) in [7, 11) is 0. The van der Waals surface area contributed by atoms with Gasteiger partial charge in [-0.05, 0) is 55.0 Å². The summed E-state index contributed by atoms with van der Waals surface area (Å²) < 4.78 is 0.663. The molecule has 0 fully saturated rings. The molecule has 1 aromatic heterocycles. The minimum Gasteiger partial charge on any atom is -0.288 e. The first kappa shape index (κ1) is 11.9. The molecule has 0 saturated heterocycles. The monoisotopic (exact) mass is 276 g/mol. The van der Waals surface area contributed by atoms with Crippen LogP contribution in [0.1, 0.15) is 39.2 Å². The average molecular weight is 277 g/mol. The van der Waals surface area contributed by atoms with Gasteiger partial charge >= 0.3 is 0 Å². The van der Waals surface area contributed by atoms with Gasteiger partial charge in [-0.2, -0.15) is 0 Å². The summed E-state index contributed by atoms with van der Waals surface area (Å²) in [6, 6.07) is 9.69. The van der Waals surface area contributed by atoms with Crippen molar-refractivity contribution in [2.24, 2.45) is 0 Å². The Balaban J connectivity index is 1.95. The van der Waals surface area contributed by atoms with Crippen molar-refractivity contribution in [3.63, 3.8) is 0 Å². The predicted molar refractivity (Wildman–Crippen MR) is 75.8 cm³/mol. The molecule has 1 aliphatic carbocycles. The third-order valence-corrected chi connectivity index (χ3v) is 4.64. The SMILES string of the molecule is O=C(c1ccc2c(c1)CCCC2)c1ccc(Cl)s1. The molecule has 1 aliphatic rings. The lowest BCUT2D eigenvalue weighted by molar-refractivity contribution is 0.104. The van der Waals surface area contributed by atoms with Crippen molar-refractivity contribution in [1.29, 1.82) is 0 Å². The second-order valence-corrected chi connectivity index (χ2v) is 6.34. The van der Waals surface area contributed by atoms with E-state index in [-0.39, 0.29) is 5.78 Å². The van der Waals surface area contributed by atoms with Crippen LogP contribution in [0.4, 0.5) is 0 Å². The van der Waals surface area contributed by atoms with E-state index in [4.69, 9.17) is 11.6 Å². The Morgan fingerprint density at radius 2 is 1.83 bits per heavy atom. The lowest BCUT2D eigenvalue weighted by Gasteiger charge is -2.16. The van der Waals surface area contributed by atoms with Crippen LogP contribution < -0.4 is 0 Å². The lowest BCUT2D eigenvalue weighted by Crippen LogP contribution is -2.06. The van der Waals surface area contributed by atoms with Crippen LogP contribution >= 0.6 is 22.9 Å². The molecule has 0 bridgehead atoms. The number of thiophene rings is 1. The first-order valence-corrected chi connectivity index (χ1v) is 7.35. The van der Waals surface area contributed by atoms with Gasteiger partial charge in [0, 0.05) is 5.56 Å². The Kier molecular flexibility index (Phi) is 3.23. The molecule has 0 aliphatic heterocycles. The molecular formula is C15H13ClOS. The van der Waals surface area contributed by atoms with Gasteiger partial charge in [-0.1, -0.05) is 23.7 Å². The number of benzene rings is 1. The summed E-state index contributed by atoms with van der Waals surface area (Å²) in [5.41, 5.74) is 3.53. The highest BCUT2D eigenvalue weighted by Crippen LogP contribution is 2.26. The van der Waals surface area contributed by atoms with Crippen LogP contribution in [0.5, 0.6) is 0 Å². The fourth-order valence-electron chi connectivity index (χ4n) is 2.45. The molecule has 0 unspecified atom stereocenters. The van der Waals surface area contributed by atoms with E-state index in [9.17, 15) is 4.79 Å². The van der Waals surface area contributed by atoms with E-state index in [1.165, 1.54) is 35.3 Å². The Morgan fingerprint density at radius 1 is 1.06 bits per heavy atom. The summed E-state index contributed by atoms with van der Waals surface area (Å²) in [5.74, 6) is 0.0836. The van der Waals surface area contributed by atoms with E-state index in [0.29, 0.717) is 4.34 Å². The van der Waals surface area contributed by atoms with Gasteiger partial charge in [0.25, 0.3) is 0 Å². The van der Waals surface area contributed by atoms with Crippen molar-refractivity contribution in [2.75, 3.05) is 0 Å². The molecule has 3 rings (SSSR count). The quantitative estimate of drug-likeness (QED) is 0.738. The van der Waals surface area contributed by atoms with E-state index in [0.717, 1.165) is 23.3 Å². The van der Waals surface area contributed by atoms with Crippen LogP contribution in [-0.4, -0.2) is 5.78 Å². The molecule has 1 nitrogen and oxygen atoms in total. The highest BCUT2D eigenvalue weighted by atomic mass is 35.5. The van der Waals surface area contributed by atoms with Crippen molar-refractivity contribution >= 4 is 28.7 Å². The van der Waals surface area contributed by atoms with Gasteiger partial charge in [-0.3, -0.25) is 4.79 Å². The van der Waals surface area contributed by atoms with Crippen LogP contribution in [0, 0.1) is 0 Å². The summed E-state index contributed by atoms with van der Waals surface area (Å²) in [6.45, 7) is 0. The maximum absolute atomic E-state index is 12.3. The fourth-order valence-corrected chi connectivity index (χ4v) is 3.46. The zero-order valence-electron chi connectivity index (χ0n) is 9.91. The number of halogens is 1. The minimum absolute atomic E-state index is 0.0836. The lowest BCUT2D eigenvalue weighted by atomic mass is 9.89. The minimum atomic E-state index is 0.0836. The molecule has 0 saturated carbocycles. The number of carbonyl (C=O) groups is 1. The van der Waals surface area contributed by atoms with Crippen molar-refractivity contribution in [3.05, 3.63) is 56.2 Å². The van der Waals surface area contributed by atoms with Crippen molar-refractivity contribution < 1.29 is 4.79 Å². The van der Waals surface area contributed by atoms with Crippen LogP contribution in [0.15, 0.2) is 30.3 Å². The van der Waals surface area contributed by atoms with Crippen LogP contribution in [-0.2, 0) is 12.8 Å². The summed E-state index contributed by atoms with van der Waals surface area (Å²) in [6.07, 6.45) is 4.74. The Morgan fingerprint density at radius 3 is 2.56 bits per heavy atom. The predicted octanol–water partition coefficient (Wildman–Crippen LogP) is 4.51. The third kappa shape index (κ3) is 2.23. The second kappa shape index (κ2) is 4.87. The molecule has 18 heavy (non-hydrogen) atoms. The molecule has 1 heterocycles. The Hall–Kier alpha value is -1.12. The van der Waals surface area contributed by atoms with Gasteiger partial charge in [-0.15, -0.1) is 11.3 Å². The van der Waals surface area contributed by atoms with Gasteiger partial charge in [0.05, 0.1) is 9.21 Å². The number of aryl methyl sites for hydroxylation is 2.